The Morgan fingerprint density at radius 3 is 2.33 bits per heavy atom. The summed E-state index contributed by atoms with van der Waals surface area (Å²) in [5.41, 5.74) is 0. The van der Waals surface area contributed by atoms with Crippen molar-refractivity contribution in [2.75, 3.05) is 13.2 Å². The molecule has 106 valence electrons. The lowest BCUT2D eigenvalue weighted by Crippen LogP contribution is -2.50. The number of ether oxygens (including phenoxy) is 1. The van der Waals surface area contributed by atoms with Crippen molar-refractivity contribution in [2.45, 2.75) is 51.9 Å². The Balaban J connectivity index is 4.67. The van der Waals surface area contributed by atoms with E-state index in [1.54, 1.807) is 0 Å². The number of nitrogens with one attached hydrogen (secondary N) is 1. The summed E-state index contributed by atoms with van der Waals surface area (Å²) in [6, 6.07) is -0.817. The van der Waals surface area contributed by atoms with E-state index in [1.165, 1.54) is 6.92 Å². The van der Waals surface area contributed by atoms with Crippen molar-refractivity contribution in [1.29, 1.82) is 0 Å². The molecular weight excluding hydrogens is 240 g/mol. The first-order valence-corrected chi connectivity index (χ1v) is 6.09. The number of amides is 1. The van der Waals surface area contributed by atoms with Crippen LogP contribution in [-0.4, -0.2) is 47.3 Å². The highest BCUT2D eigenvalue weighted by molar-refractivity contribution is 5.73. The minimum Gasteiger partial charge on any atom is -0.394 e. The predicted molar refractivity (Wildman–Crippen MR) is 65.8 cm³/mol. The number of aliphatic hydroxyl groups is 1. The van der Waals surface area contributed by atoms with E-state index in [-0.39, 0.29) is 18.6 Å². The number of carbonyl (C=O) groups is 1. The Morgan fingerprint density at radius 2 is 2.00 bits per heavy atom. The number of rotatable bonds is 9. The molecule has 7 heteroatoms. The summed E-state index contributed by atoms with van der Waals surface area (Å²) < 4.78 is 5.59. The molecule has 0 saturated carbocycles. The van der Waals surface area contributed by atoms with Crippen LogP contribution in [-0.2, 0) is 9.53 Å². The second kappa shape index (κ2) is 8.82. The fraction of sp³-hybridized carbons (Fsp3) is 0.909. The normalized spacial score (nSPS) is 14.3. The molecule has 2 atom stereocenters. The van der Waals surface area contributed by atoms with E-state index in [4.69, 9.17) is 4.74 Å². The van der Waals surface area contributed by atoms with E-state index in [0.29, 0.717) is 0 Å². The van der Waals surface area contributed by atoms with Gasteiger partial charge in [0, 0.05) is 11.8 Å². The highest BCUT2D eigenvalue weighted by Crippen LogP contribution is 2.10. The Labute approximate surface area is 107 Å². The van der Waals surface area contributed by atoms with Gasteiger partial charge in [-0.15, -0.1) is 0 Å². The molecule has 0 aliphatic carbocycles. The van der Waals surface area contributed by atoms with Gasteiger partial charge in [0.2, 0.25) is 12.5 Å². The van der Waals surface area contributed by atoms with Gasteiger partial charge < -0.3 is 15.2 Å². The van der Waals surface area contributed by atoms with Crippen molar-refractivity contribution in [3.8, 4) is 0 Å². The highest BCUT2D eigenvalue weighted by Gasteiger charge is 2.29. The molecule has 0 heterocycles. The van der Waals surface area contributed by atoms with E-state index < -0.39 is 23.6 Å². The third kappa shape index (κ3) is 6.51. The molecule has 0 spiro atoms. The number of hydrogen-bond donors (Lipinski definition) is 2. The Kier molecular flexibility index (Phi) is 8.23. The molecule has 2 N–H and O–H groups in total. The van der Waals surface area contributed by atoms with Gasteiger partial charge in [0.25, 0.3) is 0 Å². The standard InChI is InChI=1S/C11H22N2O5/c1-4-9(5-2)18-11(7-14)10(6-13(16)17)12-8(3)15/h9-11,14H,4-7H2,1-3H3,(H,12,15)/t10-,11-/m0/s1. The summed E-state index contributed by atoms with van der Waals surface area (Å²) in [5.74, 6) is -0.381. The molecular formula is C11H22N2O5. The fourth-order valence-corrected chi connectivity index (χ4v) is 1.67. The van der Waals surface area contributed by atoms with Crippen LogP contribution in [0.15, 0.2) is 0 Å². The molecule has 18 heavy (non-hydrogen) atoms. The van der Waals surface area contributed by atoms with Crippen LogP contribution in [0.4, 0.5) is 0 Å². The van der Waals surface area contributed by atoms with Crippen LogP contribution in [0.25, 0.3) is 0 Å². The SMILES string of the molecule is CCC(CC)O[C@@H](CO)[C@H](C[N+](=O)[O-])NC(C)=O. The van der Waals surface area contributed by atoms with E-state index in [9.17, 15) is 20.0 Å². The lowest BCUT2D eigenvalue weighted by Gasteiger charge is -2.27. The third-order valence-corrected chi connectivity index (χ3v) is 2.64. The second-order valence-electron chi connectivity index (χ2n) is 4.12. The summed E-state index contributed by atoms with van der Waals surface area (Å²) in [5, 5.41) is 22.3. The zero-order valence-electron chi connectivity index (χ0n) is 11.1. The minimum absolute atomic E-state index is 0.0786. The van der Waals surface area contributed by atoms with Gasteiger partial charge in [-0.1, -0.05) is 13.8 Å². The molecule has 0 rings (SSSR count). The minimum atomic E-state index is -0.817. The molecule has 0 radical (unpaired) electrons. The molecule has 0 unspecified atom stereocenters. The molecule has 0 aromatic carbocycles. The van der Waals surface area contributed by atoms with Crippen molar-refractivity contribution in [3.05, 3.63) is 10.1 Å². The van der Waals surface area contributed by atoms with Crippen molar-refractivity contribution >= 4 is 5.91 Å². The van der Waals surface area contributed by atoms with Crippen LogP contribution >= 0.6 is 0 Å². The van der Waals surface area contributed by atoms with Gasteiger partial charge >= 0.3 is 0 Å². The number of aliphatic hydroxyl groups excluding tert-OH is 1. The molecule has 7 nitrogen and oxygen atoms in total. The van der Waals surface area contributed by atoms with Crippen LogP contribution < -0.4 is 5.32 Å². The summed E-state index contributed by atoms with van der Waals surface area (Å²) in [6.07, 6.45) is 0.658. The van der Waals surface area contributed by atoms with Gasteiger partial charge in [-0.2, -0.15) is 0 Å². The highest BCUT2D eigenvalue weighted by atomic mass is 16.6. The third-order valence-electron chi connectivity index (χ3n) is 2.64. The molecule has 0 aromatic rings. The topological polar surface area (TPSA) is 102 Å². The number of carbonyl (C=O) groups excluding carboxylic acids is 1. The van der Waals surface area contributed by atoms with Gasteiger partial charge in [0.15, 0.2) is 0 Å². The molecule has 0 aromatic heterocycles. The summed E-state index contributed by atoms with van der Waals surface area (Å²) in [7, 11) is 0. The Hall–Kier alpha value is -1.21. The molecule has 0 aliphatic heterocycles. The largest absolute Gasteiger partial charge is 0.394 e. The first-order valence-electron chi connectivity index (χ1n) is 6.09. The van der Waals surface area contributed by atoms with E-state index in [0.717, 1.165) is 12.8 Å². The van der Waals surface area contributed by atoms with E-state index in [1.807, 2.05) is 13.8 Å². The maximum atomic E-state index is 11.0. The Morgan fingerprint density at radius 1 is 1.44 bits per heavy atom. The van der Waals surface area contributed by atoms with Crippen LogP contribution in [0, 0.1) is 10.1 Å². The fourth-order valence-electron chi connectivity index (χ4n) is 1.67. The van der Waals surface area contributed by atoms with Crippen LogP contribution in [0.5, 0.6) is 0 Å². The monoisotopic (exact) mass is 262 g/mol. The lowest BCUT2D eigenvalue weighted by atomic mass is 10.1. The predicted octanol–water partition coefficient (Wildman–Crippen LogP) is 0.334. The van der Waals surface area contributed by atoms with Crippen molar-refractivity contribution in [1.82, 2.24) is 5.32 Å². The second-order valence-corrected chi connectivity index (χ2v) is 4.12. The maximum Gasteiger partial charge on any atom is 0.226 e. The van der Waals surface area contributed by atoms with E-state index >= 15 is 0 Å². The van der Waals surface area contributed by atoms with Gasteiger partial charge in [-0.3, -0.25) is 14.9 Å². The molecule has 0 saturated heterocycles. The van der Waals surface area contributed by atoms with Crippen LogP contribution in [0.3, 0.4) is 0 Å². The summed E-state index contributed by atoms with van der Waals surface area (Å²) in [4.78, 5) is 21.0. The average molecular weight is 262 g/mol. The van der Waals surface area contributed by atoms with Crippen molar-refractivity contribution < 1.29 is 19.6 Å². The van der Waals surface area contributed by atoms with Gasteiger partial charge in [-0.05, 0) is 12.8 Å². The molecule has 0 aliphatic rings. The van der Waals surface area contributed by atoms with Gasteiger partial charge in [0.05, 0.1) is 12.7 Å². The summed E-state index contributed by atoms with van der Waals surface area (Å²) in [6.45, 7) is 4.31. The smallest absolute Gasteiger partial charge is 0.226 e. The maximum absolute atomic E-state index is 11.0. The zero-order valence-corrected chi connectivity index (χ0v) is 11.1. The van der Waals surface area contributed by atoms with Gasteiger partial charge in [0.1, 0.15) is 12.1 Å². The Bertz CT molecular complexity index is 252. The molecule has 0 fully saturated rings. The first-order chi connectivity index (χ1) is 8.44. The van der Waals surface area contributed by atoms with Crippen molar-refractivity contribution in [3.63, 3.8) is 0 Å². The summed E-state index contributed by atoms with van der Waals surface area (Å²) >= 11 is 0. The number of hydrogen-bond acceptors (Lipinski definition) is 5. The molecule has 0 bridgehead atoms. The van der Waals surface area contributed by atoms with Crippen molar-refractivity contribution in [2.24, 2.45) is 0 Å². The zero-order chi connectivity index (χ0) is 14.1. The quantitative estimate of drug-likeness (QED) is 0.460. The van der Waals surface area contributed by atoms with Crippen LogP contribution in [0.1, 0.15) is 33.6 Å². The molecule has 1 amide bonds. The number of nitro groups is 1. The van der Waals surface area contributed by atoms with Crippen LogP contribution in [0.2, 0.25) is 0 Å². The number of nitrogens with zero attached hydrogens (tertiary/aromatic N) is 1. The average Bonchev–Trinajstić information content (AvgIpc) is 2.28. The first kappa shape index (κ1) is 16.8. The van der Waals surface area contributed by atoms with Gasteiger partial charge in [-0.25, -0.2) is 0 Å². The van der Waals surface area contributed by atoms with E-state index in [2.05, 4.69) is 5.32 Å². The lowest BCUT2D eigenvalue weighted by molar-refractivity contribution is -0.485.